The molecule has 0 bridgehead atoms. The van der Waals surface area contributed by atoms with Gasteiger partial charge in [-0.2, -0.15) is 0 Å². The summed E-state index contributed by atoms with van der Waals surface area (Å²) in [5.41, 5.74) is 2.99. The van der Waals surface area contributed by atoms with Crippen LogP contribution in [-0.4, -0.2) is 26.6 Å². The predicted molar refractivity (Wildman–Crippen MR) is 84.3 cm³/mol. The van der Waals surface area contributed by atoms with Crippen LogP contribution in [0.3, 0.4) is 0 Å². The third-order valence-corrected chi connectivity index (χ3v) is 4.78. The minimum Gasteiger partial charge on any atom is -0.496 e. The van der Waals surface area contributed by atoms with E-state index in [1.54, 1.807) is 18.4 Å². The molecule has 2 aromatic rings. The van der Waals surface area contributed by atoms with E-state index in [4.69, 9.17) is 4.74 Å². The lowest BCUT2D eigenvalue weighted by Gasteiger charge is -2.21. The van der Waals surface area contributed by atoms with Crippen molar-refractivity contribution < 1.29 is 9.53 Å². The number of ether oxygens (including phenoxy) is 1. The topological polar surface area (TPSA) is 50.4 Å². The Morgan fingerprint density at radius 2 is 2.24 bits per heavy atom. The average Bonchev–Trinajstić information content (AvgIpc) is 2.97. The maximum atomic E-state index is 12.0. The number of carbonyl (C=O) groups is 1. The first-order valence-corrected chi connectivity index (χ1v) is 7.82. The van der Waals surface area contributed by atoms with Gasteiger partial charge in [-0.25, -0.2) is 0 Å². The molecule has 4 nitrogen and oxygen atoms in total. The van der Waals surface area contributed by atoms with Crippen LogP contribution in [-0.2, 0) is 6.42 Å². The van der Waals surface area contributed by atoms with Gasteiger partial charge >= 0.3 is 0 Å². The minimum absolute atomic E-state index is 0.0195. The molecule has 1 atom stereocenters. The Morgan fingerprint density at radius 3 is 3.00 bits per heavy atom. The van der Waals surface area contributed by atoms with Crippen LogP contribution < -0.4 is 15.4 Å². The molecule has 5 heteroatoms. The van der Waals surface area contributed by atoms with Crippen molar-refractivity contribution in [2.24, 2.45) is 0 Å². The van der Waals surface area contributed by atoms with Crippen LogP contribution in [0.5, 0.6) is 5.75 Å². The highest BCUT2D eigenvalue weighted by Gasteiger charge is 2.22. The summed E-state index contributed by atoms with van der Waals surface area (Å²) < 4.78 is 5.41. The Labute approximate surface area is 128 Å². The smallest absolute Gasteiger partial charge is 0.251 e. The first kappa shape index (κ1) is 14.1. The summed E-state index contributed by atoms with van der Waals surface area (Å²) in [6.07, 6.45) is 0.897. The lowest BCUT2D eigenvalue weighted by molar-refractivity contribution is 0.0946. The molecular formula is C16H18N2O2S. The molecule has 1 aliphatic heterocycles. The molecule has 110 valence electrons. The zero-order chi connectivity index (χ0) is 14.8. The van der Waals surface area contributed by atoms with Crippen molar-refractivity contribution in [1.29, 1.82) is 0 Å². The van der Waals surface area contributed by atoms with Gasteiger partial charge in [0.1, 0.15) is 5.75 Å². The van der Waals surface area contributed by atoms with Crippen molar-refractivity contribution in [2.75, 3.05) is 20.7 Å². The van der Waals surface area contributed by atoms with Gasteiger partial charge in [-0.1, -0.05) is 12.1 Å². The number of methoxy groups -OCH3 is 1. The van der Waals surface area contributed by atoms with Crippen LogP contribution in [0.15, 0.2) is 29.6 Å². The van der Waals surface area contributed by atoms with E-state index in [-0.39, 0.29) is 11.9 Å². The molecule has 2 N–H and O–H groups in total. The van der Waals surface area contributed by atoms with Gasteiger partial charge in [0.2, 0.25) is 0 Å². The highest BCUT2D eigenvalue weighted by atomic mass is 32.1. The number of thiophene rings is 1. The van der Waals surface area contributed by atoms with Gasteiger partial charge in [0.05, 0.1) is 18.0 Å². The van der Waals surface area contributed by atoms with Crippen LogP contribution in [0.1, 0.15) is 32.4 Å². The number of amides is 1. The van der Waals surface area contributed by atoms with Gasteiger partial charge in [0.15, 0.2) is 0 Å². The first-order chi connectivity index (χ1) is 10.2. The van der Waals surface area contributed by atoms with Gasteiger partial charge in [0.25, 0.3) is 5.91 Å². The third-order valence-electron chi connectivity index (χ3n) is 3.82. The number of hydrogen-bond donors (Lipinski definition) is 2. The zero-order valence-corrected chi connectivity index (χ0v) is 12.9. The molecule has 1 aromatic carbocycles. The number of nitrogens with one attached hydrogen (secondary N) is 2. The molecule has 0 saturated carbocycles. The number of rotatable bonds is 4. The molecule has 3 rings (SSSR count). The maximum absolute atomic E-state index is 12.0. The number of hydrogen-bond acceptors (Lipinski definition) is 4. The van der Waals surface area contributed by atoms with Gasteiger partial charge in [-0.05, 0) is 42.1 Å². The summed E-state index contributed by atoms with van der Waals surface area (Å²) in [5, 5.41) is 8.23. The van der Waals surface area contributed by atoms with E-state index in [1.165, 1.54) is 0 Å². The predicted octanol–water partition coefficient (Wildman–Crippen LogP) is 2.35. The molecule has 0 aliphatic carbocycles. The van der Waals surface area contributed by atoms with E-state index >= 15 is 0 Å². The van der Waals surface area contributed by atoms with Crippen LogP contribution in [0.25, 0.3) is 0 Å². The number of carbonyl (C=O) groups excluding carboxylic acids is 1. The van der Waals surface area contributed by atoms with Gasteiger partial charge < -0.3 is 15.4 Å². The van der Waals surface area contributed by atoms with Gasteiger partial charge in [-0.3, -0.25) is 4.79 Å². The van der Waals surface area contributed by atoms with Crippen LogP contribution in [0.4, 0.5) is 0 Å². The fourth-order valence-electron chi connectivity index (χ4n) is 2.75. The van der Waals surface area contributed by atoms with Crippen LogP contribution in [0.2, 0.25) is 0 Å². The summed E-state index contributed by atoms with van der Waals surface area (Å²) in [5.74, 6) is 0.896. The Kier molecular flexibility index (Phi) is 3.94. The number of benzene rings is 1. The van der Waals surface area contributed by atoms with Crippen molar-refractivity contribution in [3.8, 4) is 5.75 Å². The lowest BCUT2D eigenvalue weighted by atomic mass is 9.94. The molecule has 1 amide bonds. The van der Waals surface area contributed by atoms with Crippen molar-refractivity contribution in [3.63, 3.8) is 0 Å². The molecule has 0 radical (unpaired) electrons. The first-order valence-electron chi connectivity index (χ1n) is 6.94. The van der Waals surface area contributed by atoms with Crippen molar-refractivity contribution >= 4 is 17.2 Å². The van der Waals surface area contributed by atoms with E-state index in [2.05, 4.69) is 22.8 Å². The summed E-state index contributed by atoms with van der Waals surface area (Å²) in [4.78, 5) is 13.1. The van der Waals surface area contributed by atoms with E-state index in [0.717, 1.165) is 40.3 Å². The fraction of sp³-hybridized carbons (Fsp3) is 0.312. The molecule has 0 saturated heterocycles. The second-order valence-electron chi connectivity index (χ2n) is 5.00. The second-order valence-corrected chi connectivity index (χ2v) is 5.95. The normalized spacial score (nSPS) is 15.2. The second kappa shape index (κ2) is 5.87. The summed E-state index contributed by atoms with van der Waals surface area (Å²) >= 11 is 1.65. The highest BCUT2D eigenvalue weighted by molar-refractivity contribution is 7.10. The quantitative estimate of drug-likeness (QED) is 0.911. The SMILES string of the molecule is CNC(c1ccc2c(c1)C(=O)NCC2)c1sccc1OC. The van der Waals surface area contributed by atoms with Crippen LogP contribution in [0, 0.1) is 0 Å². The average molecular weight is 302 g/mol. The highest BCUT2D eigenvalue weighted by Crippen LogP contribution is 2.35. The molecule has 21 heavy (non-hydrogen) atoms. The Balaban J connectivity index is 2.02. The Bertz CT molecular complexity index is 666. The minimum atomic E-state index is 0.0195. The third kappa shape index (κ3) is 2.54. The molecule has 1 aromatic heterocycles. The molecular weight excluding hydrogens is 284 g/mol. The summed E-state index contributed by atoms with van der Waals surface area (Å²) in [7, 11) is 3.60. The van der Waals surface area contributed by atoms with Crippen LogP contribution >= 0.6 is 11.3 Å². The molecule has 2 heterocycles. The Hall–Kier alpha value is -1.85. The summed E-state index contributed by atoms with van der Waals surface area (Å²) in [6, 6.07) is 8.14. The summed E-state index contributed by atoms with van der Waals surface area (Å²) in [6.45, 7) is 0.722. The van der Waals surface area contributed by atoms with E-state index in [1.807, 2.05) is 24.6 Å². The monoisotopic (exact) mass is 302 g/mol. The zero-order valence-electron chi connectivity index (χ0n) is 12.1. The van der Waals surface area contributed by atoms with Crippen molar-refractivity contribution in [3.05, 3.63) is 51.2 Å². The van der Waals surface area contributed by atoms with E-state index in [9.17, 15) is 4.79 Å². The molecule has 1 unspecified atom stereocenters. The largest absolute Gasteiger partial charge is 0.496 e. The standard InChI is InChI=1S/C16H18N2O2S/c1-17-14(15-13(20-2)6-8-21-15)11-4-3-10-5-7-18-16(19)12(10)9-11/h3-4,6,8-9,14,17H,5,7H2,1-2H3,(H,18,19). The van der Waals surface area contributed by atoms with Gasteiger partial charge in [0, 0.05) is 12.1 Å². The van der Waals surface area contributed by atoms with Crippen molar-refractivity contribution in [1.82, 2.24) is 10.6 Å². The van der Waals surface area contributed by atoms with E-state index < -0.39 is 0 Å². The Morgan fingerprint density at radius 1 is 1.38 bits per heavy atom. The maximum Gasteiger partial charge on any atom is 0.251 e. The van der Waals surface area contributed by atoms with Gasteiger partial charge in [-0.15, -0.1) is 11.3 Å². The molecule has 0 fully saturated rings. The fourth-order valence-corrected chi connectivity index (χ4v) is 3.74. The number of fused-ring (bicyclic) bond motifs is 1. The van der Waals surface area contributed by atoms with Crippen molar-refractivity contribution in [2.45, 2.75) is 12.5 Å². The lowest BCUT2D eigenvalue weighted by Crippen LogP contribution is -2.32. The molecule has 0 spiro atoms. The van der Waals surface area contributed by atoms with E-state index in [0.29, 0.717) is 0 Å². The molecule has 1 aliphatic rings.